The zero-order chi connectivity index (χ0) is 29.8. The predicted molar refractivity (Wildman–Crippen MR) is 159 cm³/mol. The van der Waals surface area contributed by atoms with Gasteiger partial charge in [0.1, 0.15) is 16.8 Å². The number of amides is 1. The second-order valence-corrected chi connectivity index (χ2v) is 13.7. The quantitative estimate of drug-likeness (QED) is 0.394. The number of hydrogen-bond donors (Lipinski definition) is 3. The second kappa shape index (κ2) is 10.4. The van der Waals surface area contributed by atoms with Gasteiger partial charge in [-0.3, -0.25) is 9.69 Å². The van der Waals surface area contributed by atoms with Crippen LogP contribution in [0.4, 0.5) is 5.69 Å². The summed E-state index contributed by atoms with van der Waals surface area (Å²) >= 11 is 0. The average Bonchev–Trinajstić information content (AvgIpc) is 3.39. The van der Waals surface area contributed by atoms with Gasteiger partial charge in [-0.05, 0) is 44.4 Å². The van der Waals surface area contributed by atoms with Crippen LogP contribution in [0.1, 0.15) is 56.3 Å². The number of aliphatic hydroxyl groups is 2. The van der Waals surface area contributed by atoms with Gasteiger partial charge in [-0.25, -0.2) is 4.79 Å². The Morgan fingerprint density at radius 1 is 1.07 bits per heavy atom. The number of esters is 1. The summed E-state index contributed by atoms with van der Waals surface area (Å²) in [6, 6.07) is 6.89. The molecule has 7 bridgehead atoms. The molecule has 5 saturated carbocycles. The number of rotatable bonds is 7. The molecule has 12 atom stereocenters. The first-order chi connectivity index (χ1) is 20.1. The van der Waals surface area contributed by atoms with E-state index in [0.29, 0.717) is 56.4 Å². The van der Waals surface area contributed by atoms with Gasteiger partial charge in [-0.2, -0.15) is 0 Å². The number of nitrogens with zero attached hydrogens (tertiary/aromatic N) is 1. The van der Waals surface area contributed by atoms with Crippen molar-refractivity contribution in [3.63, 3.8) is 0 Å². The highest BCUT2D eigenvalue weighted by molar-refractivity contribution is 6.00. The number of likely N-dealkylation sites (N-methyl/N-ethyl adjacent to an activating group) is 1. The highest BCUT2D eigenvalue weighted by atomic mass is 35.5. The highest BCUT2D eigenvalue weighted by Gasteiger charge is 2.89. The molecular weight excluding hydrogens is 576 g/mol. The zero-order valence-electron chi connectivity index (χ0n) is 25.6. The maximum absolute atomic E-state index is 14.0. The highest BCUT2D eigenvalue weighted by Crippen LogP contribution is 2.79. The van der Waals surface area contributed by atoms with Gasteiger partial charge in [0.25, 0.3) is 0 Å². The van der Waals surface area contributed by atoms with Crippen molar-refractivity contribution in [1.82, 2.24) is 4.90 Å². The molecule has 1 amide bonds. The number of likely N-dealkylation sites (tertiary alicyclic amines) is 1. The Bertz CT molecular complexity index is 1300. The lowest BCUT2D eigenvalue weighted by Crippen LogP contribution is -2.83. The SMILES string of the molecule is CCN1C[C@]2(OC(=O)c3ccccc3NC(C)=O)CC[C@H](OC)[C@@]34[C@@H]2C[C@H]([C@@H]13)[C@@]1(O)C[C@H](OC)[C@@H]2C[C@@H]4[C@]1(O)[C@H]2OC.Cl. The Kier molecular flexibility index (Phi) is 7.53. The number of anilines is 1. The van der Waals surface area contributed by atoms with E-state index >= 15 is 0 Å². The molecule has 3 N–H and O–H groups in total. The number of halogens is 1. The van der Waals surface area contributed by atoms with Gasteiger partial charge in [0, 0.05) is 76.3 Å². The lowest BCUT2D eigenvalue weighted by atomic mass is 9.44. The summed E-state index contributed by atoms with van der Waals surface area (Å²) in [5.74, 6) is -1.54. The van der Waals surface area contributed by atoms with E-state index in [1.54, 1.807) is 45.6 Å². The summed E-state index contributed by atoms with van der Waals surface area (Å²) in [6.07, 6.45) is 1.91. The van der Waals surface area contributed by atoms with Crippen molar-refractivity contribution in [3.05, 3.63) is 29.8 Å². The first-order valence-electron chi connectivity index (χ1n) is 15.4. The average molecular weight is 621 g/mol. The molecule has 7 rings (SSSR count). The van der Waals surface area contributed by atoms with Gasteiger partial charge in [-0.15, -0.1) is 12.4 Å². The van der Waals surface area contributed by atoms with Crippen LogP contribution in [-0.2, 0) is 23.7 Å². The number of carbonyl (C=O) groups excluding carboxylic acids is 2. The number of nitrogens with one attached hydrogen (secondary N) is 1. The Hall–Kier alpha value is -1.79. The molecule has 1 aromatic carbocycles. The number of hydrogen-bond acceptors (Lipinski definition) is 9. The van der Waals surface area contributed by atoms with Gasteiger partial charge in [0.15, 0.2) is 0 Å². The van der Waals surface area contributed by atoms with E-state index in [2.05, 4.69) is 17.1 Å². The molecule has 11 heteroatoms. The third kappa shape index (κ3) is 3.63. The minimum absolute atomic E-state index is 0. The Labute approximate surface area is 259 Å². The summed E-state index contributed by atoms with van der Waals surface area (Å²) in [6.45, 7) is 4.79. The molecule has 238 valence electrons. The molecule has 6 fully saturated rings. The van der Waals surface area contributed by atoms with Gasteiger partial charge in [0.05, 0.1) is 29.6 Å². The van der Waals surface area contributed by atoms with Gasteiger partial charge < -0.3 is 34.5 Å². The predicted octanol–water partition coefficient (Wildman–Crippen LogP) is 2.64. The van der Waals surface area contributed by atoms with E-state index in [4.69, 9.17) is 18.9 Å². The van der Waals surface area contributed by atoms with Crippen molar-refractivity contribution >= 4 is 30.0 Å². The summed E-state index contributed by atoms with van der Waals surface area (Å²) in [5.41, 5.74) is -3.57. The van der Waals surface area contributed by atoms with Crippen LogP contribution in [0.15, 0.2) is 24.3 Å². The molecule has 1 saturated heterocycles. The van der Waals surface area contributed by atoms with E-state index in [9.17, 15) is 19.8 Å². The standard InChI is InChI=1S/C32H44N2O8.ClH/c1-6-34-16-29(42-28(36)18-9-7-8-10-21(18)33-17(2)35)12-11-25(40-4)31-23(29)14-20(26(31)34)30(37)15-22(39-3)19-13-24(31)32(30,38)27(19)41-5;/h7-10,19-20,22-27,37-38H,6,11-16H2,1-5H3,(H,33,35);1H/t19-,20+,22-,23+,24-,25-,26+,27-,29+,30-,31-,32-;/m0./s1. The Morgan fingerprint density at radius 2 is 1.81 bits per heavy atom. The lowest BCUT2D eigenvalue weighted by molar-refractivity contribution is -0.337. The summed E-state index contributed by atoms with van der Waals surface area (Å²) < 4.78 is 25.1. The first-order valence-corrected chi connectivity index (χ1v) is 15.4. The van der Waals surface area contributed by atoms with Crippen molar-refractivity contribution in [2.45, 2.75) is 87.1 Å². The zero-order valence-corrected chi connectivity index (χ0v) is 26.4. The van der Waals surface area contributed by atoms with Crippen LogP contribution in [0, 0.1) is 29.1 Å². The Balaban J connectivity index is 0.00000329. The van der Waals surface area contributed by atoms with E-state index < -0.39 is 34.3 Å². The maximum atomic E-state index is 14.0. The molecule has 0 unspecified atom stereocenters. The fourth-order valence-corrected chi connectivity index (χ4v) is 11.6. The molecule has 1 heterocycles. The fourth-order valence-electron chi connectivity index (χ4n) is 11.6. The van der Waals surface area contributed by atoms with Crippen molar-refractivity contribution in [3.8, 4) is 0 Å². The molecule has 1 spiro atoms. The topological polar surface area (TPSA) is 127 Å². The third-order valence-corrected chi connectivity index (χ3v) is 12.6. The first kappa shape index (κ1) is 31.2. The van der Waals surface area contributed by atoms with Crippen LogP contribution in [0.3, 0.4) is 0 Å². The van der Waals surface area contributed by atoms with E-state index in [-0.39, 0.29) is 60.2 Å². The van der Waals surface area contributed by atoms with Crippen LogP contribution in [0.25, 0.3) is 0 Å². The molecule has 43 heavy (non-hydrogen) atoms. The molecule has 0 radical (unpaired) electrons. The van der Waals surface area contributed by atoms with Crippen LogP contribution in [-0.4, -0.2) is 103 Å². The number of ether oxygens (including phenoxy) is 4. The largest absolute Gasteiger partial charge is 0.454 e. The number of methoxy groups -OCH3 is 3. The van der Waals surface area contributed by atoms with Gasteiger partial charge in [0.2, 0.25) is 5.91 Å². The maximum Gasteiger partial charge on any atom is 0.340 e. The molecule has 5 aliphatic carbocycles. The van der Waals surface area contributed by atoms with Gasteiger partial charge in [-0.1, -0.05) is 19.1 Å². The molecule has 10 nitrogen and oxygen atoms in total. The van der Waals surface area contributed by atoms with Crippen molar-refractivity contribution in [2.75, 3.05) is 39.7 Å². The number of fused-ring (bicyclic) bond motifs is 2. The van der Waals surface area contributed by atoms with E-state index in [1.807, 2.05) is 0 Å². The van der Waals surface area contributed by atoms with Crippen LogP contribution in [0.5, 0.6) is 0 Å². The molecule has 1 aliphatic heterocycles. The lowest BCUT2D eigenvalue weighted by Gasteiger charge is -2.70. The molecule has 1 aromatic rings. The number of para-hydroxylation sites is 1. The van der Waals surface area contributed by atoms with Crippen molar-refractivity contribution in [1.29, 1.82) is 0 Å². The third-order valence-electron chi connectivity index (χ3n) is 12.6. The number of piperidine rings is 1. The van der Waals surface area contributed by atoms with Crippen molar-refractivity contribution < 1.29 is 38.7 Å². The van der Waals surface area contributed by atoms with Crippen LogP contribution in [0.2, 0.25) is 0 Å². The van der Waals surface area contributed by atoms with E-state index in [0.717, 1.165) is 0 Å². The second-order valence-electron chi connectivity index (χ2n) is 13.7. The molecule has 6 aliphatic rings. The smallest absolute Gasteiger partial charge is 0.340 e. The Morgan fingerprint density at radius 3 is 2.47 bits per heavy atom. The molecule has 0 aromatic heterocycles. The summed E-state index contributed by atoms with van der Waals surface area (Å²) in [4.78, 5) is 28.3. The normalized spacial score (nSPS) is 47.0. The van der Waals surface area contributed by atoms with Crippen LogP contribution < -0.4 is 5.32 Å². The van der Waals surface area contributed by atoms with Crippen molar-refractivity contribution in [2.24, 2.45) is 29.1 Å². The van der Waals surface area contributed by atoms with E-state index in [1.165, 1.54) is 6.92 Å². The van der Waals surface area contributed by atoms with Crippen LogP contribution >= 0.6 is 12.4 Å². The molecular formula is C32H45ClN2O8. The minimum atomic E-state index is -1.48. The summed E-state index contributed by atoms with van der Waals surface area (Å²) in [7, 11) is 5.05. The summed E-state index contributed by atoms with van der Waals surface area (Å²) in [5, 5.41) is 28.4. The van der Waals surface area contributed by atoms with Gasteiger partial charge >= 0.3 is 5.97 Å². The minimum Gasteiger partial charge on any atom is -0.454 e. The number of carbonyl (C=O) groups is 2. The number of benzene rings is 1. The monoisotopic (exact) mass is 620 g/mol. The fraction of sp³-hybridized carbons (Fsp3) is 0.750.